The van der Waals surface area contributed by atoms with Gasteiger partial charge in [-0.25, -0.2) is 4.79 Å². The summed E-state index contributed by atoms with van der Waals surface area (Å²) in [4.78, 5) is 21.8. The first-order valence-electron chi connectivity index (χ1n) is 2.46. The van der Waals surface area contributed by atoms with Crippen LogP contribution in [0.25, 0.3) is 0 Å². The molecule has 1 aliphatic heterocycles. The molecule has 0 aromatic heterocycles. The molecule has 1 rings (SSSR count). The van der Waals surface area contributed by atoms with E-state index in [1.54, 1.807) is 29.8 Å². The minimum Gasteiger partial charge on any atom is -0.314 e. The second-order valence-electron chi connectivity index (χ2n) is 2.02. The number of alkyl halides is 1. The molecule has 0 spiro atoms. The first kappa shape index (κ1) is 8.50. The molecule has 1 heterocycles. The van der Waals surface area contributed by atoms with E-state index in [1.165, 1.54) is 0 Å². The number of imide groups is 1. The van der Waals surface area contributed by atoms with E-state index in [-0.39, 0.29) is 11.9 Å². The van der Waals surface area contributed by atoms with Gasteiger partial charge in [-0.3, -0.25) is 4.79 Å². The van der Waals surface area contributed by atoms with Gasteiger partial charge in [-0.2, -0.15) is 3.11 Å². The third-order valence-corrected chi connectivity index (χ3v) is 2.71. The van der Waals surface area contributed by atoms with Gasteiger partial charge < -0.3 is 5.32 Å². The molecule has 1 atom stereocenters. The Morgan fingerprint density at radius 3 is 2.20 bits per heavy atom. The standard InChI is InChI=1S/C4H4I2N2O2/c1-4(5)2(9)8(6)3(10)7-4/h1H3,(H,7,10). The lowest BCUT2D eigenvalue weighted by Gasteiger charge is -2.09. The van der Waals surface area contributed by atoms with Crippen molar-refractivity contribution in [2.75, 3.05) is 0 Å². The van der Waals surface area contributed by atoms with Crippen LogP contribution in [0.3, 0.4) is 0 Å². The van der Waals surface area contributed by atoms with Crippen LogP contribution in [0.15, 0.2) is 0 Å². The summed E-state index contributed by atoms with van der Waals surface area (Å²) in [5.74, 6) is -0.210. The number of carbonyl (C=O) groups excluding carboxylic acids is 2. The number of rotatable bonds is 0. The summed E-state index contributed by atoms with van der Waals surface area (Å²) >= 11 is 3.57. The van der Waals surface area contributed by atoms with Crippen LogP contribution >= 0.6 is 45.5 Å². The zero-order valence-corrected chi connectivity index (χ0v) is 9.33. The van der Waals surface area contributed by atoms with Crippen molar-refractivity contribution in [1.29, 1.82) is 0 Å². The Labute approximate surface area is 85.3 Å². The summed E-state index contributed by atoms with van der Waals surface area (Å²) in [6, 6.07) is -0.345. The normalized spacial score (nSPS) is 32.9. The van der Waals surface area contributed by atoms with Crippen LogP contribution in [-0.4, -0.2) is 18.6 Å². The number of amides is 3. The Balaban J connectivity index is 2.92. The van der Waals surface area contributed by atoms with Gasteiger partial charge >= 0.3 is 6.03 Å². The maximum Gasteiger partial charge on any atom is 0.334 e. The fourth-order valence-electron chi connectivity index (χ4n) is 0.580. The van der Waals surface area contributed by atoms with Crippen molar-refractivity contribution in [2.45, 2.75) is 10.5 Å². The molecule has 0 radical (unpaired) electrons. The molecular weight excluding hydrogens is 362 g/mol. The first-order valence-corrected chi connectivity index (χ1v) is 4.51. The quantitative estimate of drug-likeness (QED) is 0.229. The van der Waals surface area contributed by atoms with Crippen molar-refractivity contribution in [3.63, 3.8) is 0 Å². The summed E-state index contributed by atoms with van der Waals surface area (Å²) in [5.41, 5.74) is 0. The maximum atomic E-state index is 11.1. The highest BCUT2D eigenvalue weighted by molar-refractivity contribution is 14.1. The third kappa shape index (κ3) is 1.22. The van der Waals surface area contributed by atoms with Crippen molar-refractivity contribution in [1.82, 2.24) is 8.43 Å². The van der Waals surface area contributed by atoms with Crippen LogP contribution in [0.2, 0.25) is 0 Å². The van der Waals surface area contributed by atoms with Crippen LogP contribution < -0.4 is 5.32 Å². The van der Waals surface area contributed by atoms with E-state index in [2.05, 4.69) is 5.32 Å². The zero-order chi connectivity index (χ0) is 7.94. The molecule has 1 unspecified atom stereocenters. The van der Waals surface area contributed by atoms with Crippen molar-refractivity contribution in [3.05, 3.63) is 0 Å². The second kappa shape index (κ2) is 2.47. The van der Waals surface area contributed by atoms with E-state index in [1.807, 2.05) is 22.6 Å². The van der Waals surface area contributed by atoms with Gasteiger partial charge in [0.2, 0.25) is 0 Å². The topological polar surface area (TPSA) is 49.4 Å². The van der Waals surface area contributed by atoms with E-state index in [9.17, 15) is 9.59 Å². The lowest BCUT2D eigenvalue weighted by atomic mass is 10.4. The highest BCUT2D eigenvalue weighted by Gasteiger charge is 2.44. The predicted octanol–water partition coefficient (Wildman–Crippen LogP) is 1.04. The molecule has 1 N–H and O–H groups in total. The summed E-state index contributed by atoms with van der Waals surface area (Å²) in [7, 11) is 0. The highest BCUT2D eigenvalue weighted by atomic mass is 127. The highest BCUT2D eigenvalue weighted by Crippen LogP contribution is 2.26. The minimum atomic E-state index is -0.754. The monoisotopic (exact) mass is 366 g/mol. The van der Waals surface area contributed by atoms with Crippen LogP contribution in [0.4, 0.5) is 4.79 Å². The van der Waals surface area contributed by atoms with Gasteiger partial charge in [0.25, 0.3) is 5.91 Å². The average Bonchev–Trinajstić information content (AvgIpc) is 1.95. The molecule has 1 aliphatic rings. The molecule has 0 aliphatic carbocycles. The van der Waals surface area contributed by atoms with E-state index >= 15 is 0 Å². The van der Waals surface area contributed by atoms with Crippen molar-refractivity contribution in [3.8, 4) is 0 Å². The molecular formula is C4H4I2N2O2. The lowest BCUT2D eigenvalue weighted by Crippen LogP contribution is -2.36. The van der Waals surface area contributed by atoms with Gasteiger partial charge in [-0.05, 0) is 29.5 Å². The Morgan fingerprint density at radius 2 is 2.10 bits per heavy atom. The smallest absolute Gasteiger partial charge is 0.314 e. The number of hydrogen-bond donors (Lipinski definition) is 1. The summed E-state index contributed by atoms with van der Waals surface area (Å²) in [6.07, 6.45) is 0. The Hall–Kier alpha value is 0.400. The average molecular weight is 366 g/mol. The largest absolute Gasteiger partial charge is 0.334 e. The molecule has 6 heteroatoms. The number of nitrogens with zero attached hydrogens (tertiary/aromatic N) is 1. The second-order valence-corrected chi connectivity index (χ2v) is 5.14. The summed E-state index contributed by atoms with van der Waals surface area (Å²) in [6.45, 7) is 1.66. The van der Waals surface area contributed by atoms with Gasteiger partial charge in [0.1, 0.15) is 0 Å². The molecule has 4 nitrogen and oxygen atoms in total. The number of nitrogens with one attached hydrogen (secondary N) is 1. The third-order valence-electron chi connectivity index (χ3n) is 1.10. The van der Waals surface area contributed by atoms with E-state index in [0.29, 0.717) is 0 Å². The fourth-order valence-corrected chi connectivity index (χ4v) is 2.12. The Bertz CT molecular complexity index is 203. The van der Waals surface area contributed by atoms with Crippen molar-refractivity contribution in [2.24, 2.45) is 0 Å². The van der Waals surface area contributed by atoms with Gasteiger partial charge in [-0.1, -0.05) is 0 Å². The van der Waals surface area contributed by atoms with Gasteiger partial charge in [0.05, 0.1) is 22.9 Å². The first-order chi connectivity index (χ1) is 4.45. The van der Waals surface area contributed by atoms with Gasteiger partial charge in [0, 0.05) is 0 Å². The van der Waals surface area contributed by atoms with Crippen molar-refractivity contribution >= 4 is 57.4 Å². The van der Waals surface area contributed by atoms with E-state index in [4.69, 9.17) is 0 Å². The van der Waals surface area contributed by atoms with Crippen LogP contribution in [0, 0.1) is 0 Å². The molecule has 0 saturated carbocycles. The summed E-state index contributed by atoms with van der Waals surface area (Å²) in [5, 5.41) is 2.51. The Morgan fingerprint density at radius 1 is 1.60 bits per heavy atom. The van der Waals surface area contributed by atoms with E-state index < -0.39 is 3.55 Å². The molecule has 10 heavy (non-hydrogen) atoms. The molecule has 1 fully saturated rings. The van der Waals surface area contributed by atoms with Gasteiger partial charge in [-0.15, -0.1) is 0 Å². The zero-order valence-electron chi connectivity index (χ0n) is 5.02. The predicted molar refractivity (Wildman–Crippen MR) is 51.8 cm³/mol. The number of carbonyl (C=O) groups is 2. The SMILES string of the molecule is CC1(I)NC(=O)N(I)C1=O. The molecule has 0 aromatic carbocycles. The van der Waals surface area contributed by atoms with Gasteiger partial charge in [0.15, 0.2) is 3.55 Å². The number of hydrogen-bond acceptors (Lipinski definition) is 2. The number of urea groups is 1. The molecule has 56 valence electrons. The fraction of sp³-hybridized carbons (Fsp3) is 0.500. The van der Waals surface area contributed by atoms with Crippen LogP contribution in [-0.2, 0) is 4.79 Å². The van der Waals surface area contributed by atoms with Crippen LogP contribution in [0.1, 0.15) is 6.92 Å². The maximum absolute atomic E-state index is 11.1. The lowest BCUT2D eigenvalue weighted by molar-refractivity contribution is -0.123. The van der Waals surface area contributed by atoms with Crippen molar-refractivity contribution < 1.29 is 9.59 Å². The molecule has 0 bridgehead atoms. The molecule has 1 saturated heterocycles. The number of halogens is 2. The van der Waals surface area contributed by atoms with Crippen LogP contribution in [0.5, 0.6) is 0 Å². The molecule has 0 aromatic rings. The van der Waals surface area contributed by atoms with E-state index in [0.717, 1.165) is 3.11 Å². The Kier molecular flexibility index (Phi) is 2.10. The minimum absolute atomic E-state index is 0.210. The molecule has 3 amide bonds. The summed E-state index contributed by atoms with van der Waals surface area (Å²) < 4.78 is 0.292.